The third-order valence-electron chi connectivity index (χ3n) is 2.55. The Bertz CT molecular complexity index is 507. The van der Waals surface area contributed by atoms with E-state index in [1.165, 1.54) is 7.11 Å². The number of carbonyl (C=O) groups excluding carboxylic acids is 1. The van der Waals surface area contributed by atoms with Gasteiger partial charge in [-0.05, 0) is 51.8 Å². The summed E-state index contributed by atoms with van der Waals surface area (Å²) in [6, 6.07) is 3.30. The normalized spacial score (nSPS) is 12.7. The first-order valence-corrected chi connectivity index (χ1v) is 6.78. The number of hydrogen-bond donors (Lipinski definition) is 3. The van der Waals surface area contributed by atoms with E-state index < -0.39 is 11.7 Å². The molecule has 0 radical (unpaired) electrons. The summed E-state index contributed by atoms with van der Waals surface area (Å²) in [6.45, 7) is 7.17. The standard InChI is InChI=1S/C15H24N2O4/c1-9(16)6-10-7-11(13(18)12(8-10)20-5)17-14(19)21-15(2,3)4/h7-9,18H,6,16H2,1-5H3,(H,17,19)/t9-/m0/s1. The summed E-state index contributed by atoms with van der Waals surface area (Å²) in [4.78, 5) is 11.8. The summed E-state index contributed by atoms with van der Waals surface area (Å²) in [5.41, 5.74) is 6.24. The molecule has 0 aromatic heterocycles. The monoisotopic (exact) mass is 296 g/mol. The van der Waals surface area contributed by atoms with Crippen molar-refractivity contribution in [3.05, 3.63) is 17.7 Å². The summed E-state index contributed by atoms with van der Waals surface area (Å²) in [6.07, 6.45) is -0.0441. The zero-order valence-corrected chi connectivity index (χ0v) is 13.2. The van der Waals surface area contributed by atoms with E-state index in [0.717, 1.165) is 5.56 Å². The number of hydrogen-bond acceptors (Lipinski definition) is 5. The molecule has 0 aliphatic rings. The van der Waals surface area contributed by atoms with Crippen molar-refractivity contribution >= 4 is 11.8 Å². The molecule has 21 heavy (non-hydrogen) atoms. The molecular formula is C15H24N2O4. The first-order valence-electron chi connectivity index (χ1n) is 6.78. The molecule has 6 nitrogen and oxygen atoms in total. The van der Waals surface area contributed by atoms with Gasteiger partial charge in [0.15, 0.2) is 11.5 Å². The van der Waals surface area contributed by atoms with Gasteiger partial charge in [0.1, 0.15) is 5.60 Å². The van der Waals surface area contributed by atoms with Crippen LogP contribution in [0.5, 0.6) is 11.5 Å². The Labute approximate surface area is 125 Å². The Hall–Kier alpha value is -1.95. The molecule has 1 rings (SSSR count). The van der Waals surface area contributed by atoms with Gasteiger partial charge in [-0.1, -0.05) is 0 Å². The van der Waals surface area contributed by atoms with Gasteiger partial charge in [0.25, 0.3) is 0 Å². The highest BCUT2D eigenvalue weighted by molar-refractivity contribution is 5.88. The number of anilines is 1. The molecule has 0 saturated heterocycles. The van der Waals surface area contributed by atoms with Crippen LogP contribution in [-0.4, -0.2) is 30.0 Å². The van der Waals surface area contributed by atoms with E-state index in [-0.39, 0.29) is 23.2 Å². The molecule has 1 amide bonds. The molecule has 1 aromatic carbocycles. The second kappa shape index (κ2) is 6.67. The Morgan fingerprint density at radius 1 is 1.43 bits per heavy atom. The van der Waals surface area contributed by atoms with Crippen LogP contribution in [0.3, 0.4) is 0 Å². The number of phenols is 1. The van der Waals surface area contributed by atoms with Crippen molar-refractivity contribution in [2.24, 2.45) is 5.73 Å². The molecular weight excluding hydrogens is 272 g/mol. The minimum atomic E-state index is -0.641. The van der Waals surface area contributed by atoms with Crippen LogP contribution in [0.4, 0.5) is 10.5 Å². The molecule has 1 aromatic rings. The highest BCUT2D eigenvalue weighted by Gasteiger charge is 2.19. The van der Waals surface area contributed by atoms with Crippen LogP contribution < -0.4 is 15.8 Å². The molecule has 4 N–H and O–H groups in total. The van der Waals surface area contributed by atoms with Crippen molar-refractivity contribution in [1.82, 2.24) is 0 Å². The number of rotatable bonds is 4. The lowest BCUT2D eigenvalue weighted by atomic mass is 10.1. The quantitative estimate of drug-likeness (QED) is 0.743. The van der Waals surface area contributed by atoms with Gasteiger partial charge in [-0.25, -0.2) is 4.79 Å². The summed E-state index contributed by atoms with van der Waals surface area (Å²) in [7, 11) is 1.45. The maximum atomic E-state index is 11.8. The topological polar surface area (TPSA) is 93.8 Å². The van der Waals surface area contributed by atoms with E-state index in [1.54, 1.807) is 32.9 Å². The molecule has 118 valence electrons. The van der Waals surface area contributed by atoms with Crippen LogP contribution in [0.1, 0.15) is 33.3 Å². The molecule has 0 fully saturated rings. The average molecular weight is 296 g/mol. The van der Waals surface area contributed by atoms with Crippen molar-refractivity contribution in [3.63, 3.8) is 0 Å². The molecule has 0 aliphatic carbocycles. The average Bonchev–Trinajstić information content (AvgIpc) is 2.29. The number of aromatic hydroxyl groups is 1. The number of phenolic OH excluding ortho intramolecular Hbond substituents is 1. The zero-order valence-electron chi connectivity index (χ0n) is 13.2. The number of nitrogens with one attached hydrogen (secondary N) is 1. The smallest absolute Gasteiger partial charge is 0.412 e. The number of benzene rings is 1. The molecule has 1 atom stereocenters. The Morgan fingerprint density at radius 2 is 2.05 bits per heavy atom. The van der Waals surface area contributed by atoms with Gasteiger partial charge < -0.3 is 20.3 Å². The van der Waals surface area contributed by atoms with E-state index in [4.69, 9.17) is 15.2 Å². The molecule has 0 aliphatic heterocycles. The van der Waals surface area contributed by atoms with Gasteiger partial charge >= 0.3 is 6.09 Å². The Morgan fingerprint density at radius 3 is 2.52 bits per heavy atom. The van der Waals surface area contributed by atoms with Crippen LogP contribution >= 0.6 is 0 Å². The van der Waals surface area contributed by atoms with Gasteiger partial charge in [-0.2, -0.15) is 0 Å². The van der Waals surface area contributed by atoms with Crippen molar-refractivity contribution < 1.29 is 19.4 Å². The van der Waals surface area contributed by atoms with Gasteiger partial charge in [0.05, 0.1) is 12.8 Å². The number of nitrogens with two attached hydrogens (primary N) is 1. The van der Waals surface area contributed by atoms with Crippen LogP contribution in [0.15, 0.2) is 12.1 Å². The summed E-state index contributed by atoms with van der Waals surface area (Å²) in [5, 5.41) is 12.6. The summed E-state index contributed by atoms with van der Waals surface area (Å²) in [5.74, 6) is 0.135. The number of amides is 1. The number of methoxy groups -OCH3 is 1. The molecule has 6 heteroatoms. The second-order valence-electron chi connectivity index (χ2n) is 6.00. The number of ether oxygens (including phenoxy) is 2. The van der Waals surface area contributed by atoms with Crippen molar-refractivity contribution in [3.8, 4) is 11.5 Å². The third-order valence-corrected chi connectivity index (χ3v) is 2.55. The van der Waals surface area contributed by atoms with Crippen molar-refractivity contribution in [2.45, 2.75) is 45.8 Å². The Kier molecular flexibility index (Phi) is 5.43. The van der Waals surface area contributed by atoms with Gasteiger partial charge in [-0.3, -0.25) is 5.32 Å². The Balaban J connectivity index is 3.02. The minimum absolute atomic E-state index is 0.0476. The van der Waals surface area contributed by atoms with Crippen molar-refractivity contribution in [2.75, 3.05) is 12.4 Å². The molecule has 0 saturated carbocycles. The van der Waals surface area contributed by atoms with Gasteiger partial charge in [-0.15, -0.1) is 0 Å². The predicted molar refractivity (Wildman–Crippen MR) is 81.9 cm³/mol. The van der Waals surface area contributed by atoms with Crippen LogP contribution in [-0.2, 0) is 11.2 Å². The highest BCUT2D eigenvalue weighted by atomic mass is 16.6. The third kappa shape index (κ3) is 5.51. The maximum absolute atomic E-state index is 11.8. The van der Waals surface area contributed by atoms with E-state index >= 15 is 0 Å². The minimum Gasteiger partial charge on any atom is -0.503 e. The van der Waals surface area contributed by atoms with E-state index in [0.29, 0.717) is 6.42 Å². The predicted octanol–water partition coefficient (Wildman–Crippen LogP) is 2.64. The fourth-order valence-corrected chi connectivity index (χ4v) is 1.82. The zero-order chi connectivity index (χ0) is 16.2. The molecule has 0 spiro atoms. The fourth-order valence-electron chi connectivity index (χ4n) is 1.82. The van der Waals surface area contributed by atoms with Gasteiger partial charge in [0, 0.05) is 6.04 Å². The second-order valence-corrected chi connectivity index (χ2v) is 6.00. The lowest BCUT2D eigenvalue weighted by molar-refractivity contribution is 0.0635. The van der Waals surface area contributed by atoms with Crippen molar-refractivity contribution in [1.29, 1.82) is 0 Å². The van der Waals surface area contributed by atoms with Crippen LogP contribution in [0.2, 0.25) is 0 Å². The highest BCUT2D eigenvalue weighted by Crippen LogP contribution is 2.36. The molecule has 0 unspecified atom stereocenters. The first-order chi connectivity index (χ1) is 9.62. The lowest BCUT2D eigenvalue weighted by Crippen LogP contribution is -2.27. The van der Waals surface area contributed by atoms with Gasteiger partial charge in [0.2, 0.25) is 0 Å². The number of carbonyl (C=O) groups is 1. The summed E-state index contributed by atoms with van der Waals surface area (Å²) < 4.78 is 10.3. The van der Waals surface area contributed by atoms with Crippen LogP contribution in [0.25, 0.3) is 0 Å². The lowest BCUT2D eigenvalue weighted by Gasteiger charge is -2.20. The SMILES string of the molecule is COc1cc(C[C@H](C)N)cc(NC(=O)OC(C)(C)C)c1O. The fraction of sp³-hybridized carbons (Fsp3) is 0.533. The molecule has 0 heterocycles. The van der Waals surface area contributed by atoms with Crippen LogP contribution in [0, 0.1) is 0 Å². The maximum Gasteiger partial charge on any atom is 0.412 e. The van der Waals surface area contributed by atoms with E-state index in [1.807, 2.05) is 6.92 Å². The molecule has 0 bridgehead atoms. The summed E-state index contributed by atoms with van der Waals surface area (Å²) >= 11 is 0. The van der Waals surface area contributed by atoms with E-state index in [9.17, 15) is 9.90 Å². The van der Waals surface area contributed by atoms with E-state index in [2.05, 4.69) is 5.32 Å². The largest absolute Gasteiger partial charge is 0.503 e. The first kappa shape index (κ1) is 17.1.